The van der Waals surface area contributed by atoms with Crippen LogP contribution in [-0.4, -0.2) is 71.0 Å². The van der Waals surface area contributed by atoms with Gasteiger partial charge < -0.3 is 0 Å². The third-order valence-electron chi connectivity index (χ3n) is 4.40. The molecule has 178 valence electrons. The number of rotatable bonds is 17. The van der Waals surface area contributed by atoms with Crippen LogP contribution in [-0.2, 0) is 20.1 Å². The van der Waals surface area contributed by atoms with Gasteiger partial charge in [-0.2, -0.15) is 0 Å². The minimum absolute atomic E-state index is 0.208. The molecule has 0 heterocycles. The Labute approximate surface area is 193 Å². The number of carbonyl (C=O) groups excluding carboxylic acids is 2. The van der Waals surface area contributed by atoms with E-state index in [1.54, 1.807) is 13.8 Å². The predicted molar refractivity (Wildman–Crippen MR) is 120 cm³/mol. The molecule has 0 aromatic carbocycles. The second-order valence-electron chi connectivity index (χ2n) is 7.01. The number of ether oxygens (including phenoxy) is 2. The van der Waals surface area contributed by atoms with Crippen LogP contribution in [0.5, 0.6) is 0 Å². The fourth-order valence-corrected chi connectivity index (χ4v) is 38.0. The Hall–Kier alpha value is 0.0574. The van der Waals surface area contributed by atoms with Crippen molar-refractivity contribution in [3.63, 3.8) is 0 Å². The minimum atomic E-state index is -4.39. The molecule has 0 saturated carbocycles. The van der Waals surface area contributed by atoms with E-state index < -0.39 is 51.1 Å². The molecule has 0 amide bonds. The molecule has 0 aromatic heterocycles. The van der Waals surface area contributed by atoms with Gasteiger partial charge in [0.1, 0.15) is 0 Å². The summed E-state index contributed by atoms with van der Waals surface area (Å²) in [6.07, 6.45) is 3.91. The quantitative estimate of drug-likeness (QED) is 0.137. The topological polar surface area (TPSA) is 89.5 Å². The van der Waals surface area contributed by atoms with Crippen LogP contribution in [0.25, 0.3) is 0 Å². The van der Waals surface area contributed by atoms with Crippen LogP contribution in [0.15, 0.2) is 0 Å². The third kappa shape index (κ3) is 12.2. The van der Waals surface area contributed by atoms with E-state index in [-0.39, 0.29) is 13.2 Å². The van der Waals surface area contributed by atoms with Crippen LogP contribution in [0.3, 0.4) is 0 Å². The van der Waals surface area contributed by atoms with Crippen molar-refractivity contribution >= 4 is 51.1 Å². The van der Waals surface area contributed by atoms with Gasteiger partial charge in [-0.15, -0.1) is 0 Å². The molecule has 0 aliphatic carbocycles. The Morgan fingerprint density at radius 2 is 1.10 bits per heavy atom. The number of carbonyl (C=O) groups is 2. The fourth-order valence-electron chi connectivity index (χ4n) is 2.97. The maximum atomic E-state index is 12.3. The van der Waals surface area contributed by atoms with E-state index in [4.69, 9.17) is 20.1 Å². The zero-order valence-electron chi connectivity index (χ0n) is 19.8. The van der Waals surface area contributed by atoms with Gasteiger partial charge in [0.15, 0.2) is 0 Å². The summed E-state index contributed by atoms with van der Waals surface area (Å²) in [5.41, 5.74) is 0. The van der Waals surface area contributed by atoms with Crippen molar-refractivity contribution in [3.8, 4) is 0 Å². The molecule has 0 rings (SSSR count). The van der Waals surface area contributed by atoms with E-state index >= 15 is 0 Å². The van der Waals surface area contributed by atoms with Crippen LogP contribution in [0.1, 0.15) is 80.1 Å². The van der Waals surface area contributed by atoms with Crippen molar-refractivity contribution in [2.45, 2.75) is 93.4 Å². The van der Waals surface area contributed by atoms with Crippen LogP contribution in [0, 0.1) is 0 Å². The predicted octanol–water partition coefficient (Wildman–Crippen LogP) is 6.17. The second-order valence-corrected chi connectivity index (χ2v) is 26.9. The molecule has 0 spiro atoms. The van der Waals surface area contributed by atoms with E-state index in [9.17, 15) is 9.59 Å². The van der Waals surface area contributed by atoms with Gasteiger partial charge in [0.05, 0.1) is 0 Å². The van der Waals surface area contributed by atoms with Gasteiger partial charge in [0.2, 0.25) is 0 Å². The molecule has 10 heteroatoms. The van der Waals surface area contributed by atoms with Crippen molar-refractivity contribution in [1.29, 1.82) is 0 Å². The molecule has 30 heavy (non-hydrogen) atoms. The summed E-state index contributed by atoms with van der Waals surface area (Å²) in [6, 6.07) is 0. The third-order valence-corrected chi connectivity index (χ3v) is 33.5. The average molecular weight is 648 g/mol. The normalized spacial score (nSPS) is 13.4. The van der Waals surface area contributed by atoms with E-state index in [0.29, 0.717) is 19.9 Å². The fraction of sp³-hybridized carbons (Fsp3) is 0.900. The van der Waals surface area contributed by atoms with Gasteiger partial charge in [-0.05, 0) is 0 Å². The molecule has 0 aromatic rings. The van der Waals surface area contributed by atoms with Crippen molar-refractivity contribution in [3.05, 3.63) is 0 Å². The molecule has 0 N–H and O–H groups in total. The molecule has 0 aliphatic heterocycles. The summed E-state index contributed by atoms with van der Waals surface area (Å²) >= 11 is -8.43. The van der Waals surface area contributed by atoms with E-state index in [1.165, 1.54) is 0 Å². The van der Waals surface area contributed by atoms with Gasteiger partial charge >= 0.3 is 194 Å². The van der Waals surface area contributed by atoms with Crippen molar-refractivity contribution in [1.82, 2.24) is 0 Å². The standard InChI is InChI=1S/3C4H9.2C3H6O3.C2H5O.O.2Sn/c3*1-3-4-2;2*1-2-6-3(4)5;1-2-3;;;/h3*1,3-4H2,2H3;2*2H2,1H3,(H,4,5);2H2,1H3;;;/q;;;;;-1;;+1;+2/p-2. The van der Waals surface area contributed by atoms with Crippen LogP contribution >= 0.6 is 0 Å². The van der Waals surface area contributed by atoms with Crippen LogP contribution in [0.2, 0.25) is 13.3 Å². The number of hydrogen-bond donors (Lipinski definition) is 0. The summed E-state index contributed by atoms with van der Waals surface area (Å²) in [4.78, 5) is 24.6. The summed E-state index contributed by atoms with van der Waals surface area (Å²) in [7, 11) is 0. The van der Waals surface area contributed by atoms with Gasteiger partial charge in [0, 0.05) is 0 Å². The van der Waals surface area contributed by atoms with Gasteiger partial charge in [-0.25, -0.2) is 0 Å². The first-order chi connectivity index (χ1) is 14.4. The summed E-state index contributed by atoms with van der Waals surface area (Å²) in [5.74, 6) is 0. The Morgan fingerprint density at radius 3 is 1.53 bits per heavy atom. The van der Waals surface area contributed by atoms with Gasteiger partial charge in [-0.3, -0.25) is 0 Å². The monoisotopic (exact) mass is 650 g/mol. The van der Waals surface area contributed by atoms with Crippen molar-refractivity contribution in [2.24, 2.45) is 0 Å². The summed E-state index contributed by atoms with van der Waals surface area (Å²) in [6.45, 7) is 12.4. The molecule has 8 nitrogen and oxygen atoms in total. The van der Waals surface area contributed by atoms with Gasteiger partial charge in [0.25, 0.3) is 0 Å². The SMILES string of the molecule is CCC[CH2][Sn]([CH2]CCC)([O]C(=O)OCC)[O][Sn]([CH2]CCC)([O]CC)[O]C(=O)OCC. The molecule has 0 saturated heterocycles. The maximum absolute atomic E-state index is 12.3. The average Bonchev–Trinajstić information content (AvgIpc) is 2.69. The van der Waals surface area contributed by atoms with Crippen LogP contribution in [0.4, 0.5) is 9.59 Å². The molecule has 0 aliphatic rings. The molecule has 0 bridgehead atoms. The molecule has 0 radical (unpaired) electrons. The van der Waals surface area contributed by atoms with E-state index in [2.05, 4.69) is 20.8 Å². The second kappa shape index (κ2) is 17.6. The van der Waals surface area contributed by atoms with Crippen molar-refractivity contribution in [2.75, 3.05) is 19.8 Å². The first-order valence-corrected chi connectivity index (χ1v) is 23.3. The molecule has 0 fully saturated rings. The molecular weight excluding hydrogens is 606 g/mol. The van der Waals surface area contributed by atoms with Gasteiger partial charge in [-0.1, -0.05) is 0 Å². The molecule has 1 unspecified atom stereocenters. The zero-order valence-corrected chi connectivity index (χ0v) is 25.5. The molecule has 1 atom stereocenters. The summed E-state index contributed by atoms with van der Waals surface area (Å²) < 4.78 is 36.7. The Kier molecular flexibility index (Phi) is 17.6. The first kappa shape index (κ1) is 30.1. The van der Waals surface area contributed by atoms with Crippen molar-refractivity contribution < 1.29 is 29.7 Å². The zero-order chi connectivity index (χ0) is 22.9. The molecular formula is C20H42O8Sn2. The van der Waals surface area contributed by atoms with E-state index in [1.807, 2.05) is 6.92 Å². The van der Waals surface area contributed by atoms with E-state index in [0.717, 1.165) is 38.5 Å². The Bertz CT molecular complexity index is 470. The van der Waals surface area contributed by atoms with Crippen LogP contribution < -0.4 is 0 Å². The number of hydrogen-bond acceptors (Lipinski definition) is 8. The first-order valence-electron chi connectivity index (χ1n) is 11.4. The summed E-state index contributed by atoms with van der Waals surface area (Å²) in [5, 5.41) is 0. The number of unbranched alkanes of at least 4 members (excludes halogenated alkanes) is 3. The Balaban J connectivity index is 6.04. The Morgan fingerprint density at radius 1 is 0.633 bits per heavy atom.